The van der Waals surface area contributed by atoms with Crippen LogP contribution in [0.25, 0.3) is 0 Å². The van der Waals surface area contributed by atoms with Gasteiger partial charge in [0.25, 0.3) is 0 Å². The van der Waals surface area contributed by atoms with E-state index in [1.54, 1.807) is 0 Å². The van der Waals surface area contributed by atoms with Crippen molar-refractivity contribution < 1.29 is 137 Å². The SMILES string of the molecule is N[C-](P(=O)(O)O)P(=O)(O)O.O=P(O)(O)CP(=O)(O)O.O=P(O)(O)CP(=O)(O)O.[K+]. The summed E-state index contributed by atoms with van der Waals surface area (Å²) in [7, 11) is -28.1. The second kappa shape index (κ2) is 14.0. The van der Waals surface area contributed by atoms with Crippen LogP contribution in [0.4, 0.5) is 0 Å². The summed E-state index contributed by atoms with van der Waals surface area (Å²) in [4.78, 5) is 96.1. The molecule has 19 nitrogen and oxygen atoms in total. The standard InChI is InChI=1S/CH6NO6P2.2CH6O6P2.K/c2-1(9(3,4)5)10(6,7)8;2*2-8(3,4)1-9(5,6)7;/h2H2,(H2,3,4,5)(H2,6,7,8);2*1H2,(H2,2,3,4)(H2,5,6,7);/q-1;;;+1. The summed E-state index contributed by atoms with van der Waals surface area (Å²) >= 11 is 0. The van der Waals surface area contributed by atoms with Crippen LogP contribution in [0.2, 0.25) is 0 Å². The van der Waals surface area contributed by atoms with Gasteiger partial charge in [0.2, 0.25) is 15.2 Å². The zero-order chi connectivity index (χ0) is 24.0. The van der Waals surface area contributed by atoms with E-state index < -0.39 is 62.9 Å². The normalized spacial score (nSPS) is 13.4. The Kier molecular flexibility index (Phi) is 18.7. The van der Waals surface area contributed by atoms with Crippen molar-refractivity contribution in [2.75, 3.05) is 11.8 Å². The summed E-state index contributed by atoms with van der Waals surface area (Å²) in [6, 6.07) is 0. The Labute approximate surface area is 204 Å². The van der Waals surface area contributed by atoms with E-state index in [1.807, 2.05) is 0 Å². The average molecular weight is 581 g/mol. The fourth-order valence-electron chi connectivity index (χ4n) is 0.650. The molecule has 0 aromatic rings. The number of nitrogens with two attached hydrogens (primary N) is 1. The molecule has 0 aliphatic rings. The number of hydrogen-bond acceptors (Lipinski definition) is 7. The predicted octanol–water partition coefficient (Wildman–Crippen LogP) is -5.65. The second-order valence-corrected chi connectivity index (χ2v) is 15.5. The molecule has 0 rings (SSSR count). The fourth-order valence-corrected chi connectivity index (χ4v) is 5.85. The van der Waals surface area contributed by atoms with Gasteiger partial charge in [0.1, 0.15) is 0 Å². The fraction of sp³-hybridized carbons (Fsp3) is 0.667. The summed E-state index contributed by atoms with van der Waals surface area (Å²) in [6.07, 6.45) is 0. The van der Waals surface area contributed by atoms with E-state index in [0.717, 1.165) is 0 Å². The Morgan fingerprint density at radius 3 is 0.621 bits per heavy atom. The summed E-state index contributed by atoms with van der Waals surface area (Å²) in [6.45, 7) is 0. The van der Waals surface area contributed by atoms with Crippen LogP contribution in [0.1, 0.15) is 0 Å². The molecule has 0 amide bonds. The monoisotopic (exact) mass is 581 g/mol. The minimum Gasteiger partial charge on any atom is -0.458 e. The Morgan fingerprint density at radius 2 is 0.621 bits per heavy atom. The van der Waals surface area contributed by atoms with Crippen LogP contribution in [0.3, 0.4) is 0 Å². The zero-order valence-corrected chi connectivity index (χ0v) is 22.5. The molecule has 26 heteroatoms. The maximum atomic E-state index is 10.0. The van der Waals surface area contributed by atoms with Crippen LogP contribution >= 0.6 is 45.6 Å². The van der Waals surface area contributed by atoms with Crippen LogP contribution in [-0.2, 0) is 27.4 Å². The van der Waals surface area contributed by atoms with Gasteiger partial charge in [-0.2, -0.15) is 0 Å². The molecule has 0 aromatic heterocycles. The van der Waals surface area contributed by atoms with Gasteiger partial charge < -0.3 is 64.5 Å². The zero-order valence-electron chi connectivity index (χ0n) is 14.0. The van der Waals surface area contributed by atoms with Gasteiger partial charge in [0.05, 0.1) is 0 Å². The summed E-state index contributed by atoms with van der Waals surface area (Å²) in [5, 5.41) is 0. The summed E-state index contributed by atoms with van der Waals surface area (Å²) < 4.78 is 59.4. The second-order valence-electron chi connectivity index (χ2n) is 4.39. The quantitative estimate of drug-likeness (QED) is 0.0789. The first-order valence-corrected chi connectivity index (χ1v) is 15.9. The molecule has 0 saturated carbocycles. The molecule has 0 unspecified atom stereocenters. The molecule has 0 aromatic carbocycles. The van der Waals surface area contributed by atoms with Crippen LogP contribution in [0.5, 0.6) is 0 Å². The van der Waals surface area contributed by atoms with E-state index >= 15 is 0 Å². The van der Waals surface area contributed by atoms with Crippen LogP contribution in [0.15, 0.2) is 0 Å². The molecule has 0 spiro atoms. The van der Waals surface area contributed by atoms with Gasteiger partial charge in [-0.15, -0.1) is 0 Å². The van der Waals surface area contributed by atoms with Crippen molar-refractivity contribution in [3.63, 3.8) is 0 Å². The molecular formula is C3H18KNO18P6. The van der Waals surface area contributed by atoms with Gasteiger partial charge >= 0.3 is 81.8 Å². The van der Waals surface area contributed by atoms with Crippen LogP contribution < -0.4 is 57.1 Å². The van der Waals surface area contributed by atoms with E-state index in [-0.39, 0.29) is 51.4 Å². The third-order valence-corrected chi connectivity index (χ3v) is 9.99. The molecule has 0 aliphatic carbocycles. The first-order valence-electron chi connectivity index (χ1n) is 5.50. The van der Waals surface area contributed by atoms with Crippen molar-refractivity contribution in [1.82, 2.24) is 0 Å². The molecule has 14 N–H and O–H groups in total. The Hall–Kier alpha value is 2.50. The van der Waals surface area contributed by atoms with Crippen molar-refractivity contribution in [1.29, 1.82) is 0 Å². The van der Waals surface area contributed by atoms with Crippen molar-refractivity contribution in [3.8, 4) is 0 Å². The molecule has 0 fully saturated rings. The number of rotatable bonds is 6. The molecule has 29 heavy (non-hydrogen) atoms. The molecule has 0 atom stereocenters. The van der Waals surface area contributed by atoms with Crippen molar-refractivity contribution in [3.05, 3.63) is 5.52 Å². The summed E-state index contributed by atoms with van der Waals surface area (Å²) in [5.41, 5.74) is 2.82. The smallest absolute Gasteiger partial charge is 0.458 e. The van der Waals surface area contributed by atoms with E-state index in [2.05, 4.69) is 5.73 Å². The van der Waals surface area contributed by atoms with Gasteiger partial charge in [-0.3, -0.25) is 27.4 Å². The Morgan fingerprint density at radius 1 is 0.483 bits per heavy atom. The van der Waals surface area contributed by atoms with Gasteiger partial charge in [0, 0.05) is 0 Å². The minimum absolute atomic E-state index is 0. The third-order valence-electron chi connectivity index (χ3n) is 1.33. The molecule has 0 radical (unpaired) electrons. The molecule has 0 aliphatic heterocycles. The van der Waals surface area contributed by atoms with Gasteiger partial charge in [-0.05, 0) is 5.52 Å². The number of hydrogen-bond donors (Lipinski definition) is 13. The third kappa shape index (κ3) is 35.3. The molecule has 174 valence electrons. The molecule has 0 bridgehead atoms. The minimum atomic E-state index is -4.95. The average Bonchev–Trinajstić information content (AvgIpc) is 2.15. The largest absolute Gasteiger partial charge is 1.00 e. The van der Waals surface area contributed by atoms with Crippen LogP contribution in [0, 0.1) is 5.52 Å². The predicted molar refractivity (Wildman–Crippen MR) is 89.4 cm³/mol. The van der Waals surface area contributed by atoms with E-state index in [4.69, 9.17) is 58.7 Å². The maximum absolute atomic E-state index is 10.0. The molecular weight excluding hydrogens is 563 g/mol. The summed E-state index contributed by atoms with van der Waals surface area (Å²) in [5.74, 6) is -2.75. The van der Waals surface area contributed by atoms with E-state index in [9.17, 15) is 27.4 Å². The first-order chi connectivity index (χ1) is 11.6. The van der Waals surface area contributed by atoms with Crippen molar-refractivity contribution in [2.24, 2.45) is 5.73 Å². The van der Waals surface area contributed by atoms with E-state index in [1.165, 1.54) is 0 Å². The molecule has 0 heterocycles. The first kappa shape index (κ1) is 38.7. The van der Waals surface area contributed by atoms with Gasteiger partial charge in [0.15, 0.2) is 11.8 Å². The van der Waals surface area contributed by atoms with Crippen LogP contribution in [-0.4, -0.2) is 70.5 Å². The van der Waals surface area contributed by atoms with Crippen molar-refractivity contribution >= 4 is 45.6 Å². The maximum Gasteiger partial charge on any atom is 1.00 e. The van der Waals surface area contributed by atoms with Gasteiger partial charge in [-0.25, -0.2) is 0 Å². The van der Waals surface area contributed by atoms with Gasteiger partial charge in [-0.1, -0.05) is 0 Å². The topological polar surface area (TPSA) is 371 Å². The van der Waals surface area contributed by atoms with Crippen molar-refractivity contribution in [2.45, 2.75) is 0 Å². The van der Waals surface area contributed by atoms with E-state index in [0.29, 0.717) is 0 Å². The Bertz CT molecular complexity index is 652. The molecule has 0 saturated heterocycles. The Balaban J connectivity index is -0.000000159.